The molecule has 0 aliphatic carbocycles. The van der Waals surface area contributed by atoms with Crippen molar-refractivity contribution in [3.05, 3.63) is 82.1 Å². The summed E-state index contributed by atoms with van der Waals surface area (Å²) in [4.78, 5) is 42.4. The second-order valence-corrected chi connectivity index (χ2v) is 10.9. The number of hydrogen-bond donors (Lipinski definition) is 2. The van der Waals surface area contributed by atoms with Crippen LogP contribution >= 0.6 is 11.6 Å². The van der Waals surface area contributed by atoms with E-state index in [-0.39, 0.29) is 37.8 Å². The summed E-state index contributed by atoms with van der Waals surface area (Å²) in [6.45, 7) is 5.99. The molecule has 11 heteroatoms. The molecule has 0 unspecified atom stereocenters. The van der Waals surface area contributed by atoms with Gasteiger partial charge in [-0.2, -0.15) is 0 Å². The first-order chi connectivity index (χ1) is 16.3. The van der Waals surface area contributed by atoms with E-state index in [1.807, 2.05) is 20.8 Å². The van der Waals surface area contributed by atoms with Crippen LogP contribution in [0.15, 0.2) is 59.6 Å². The lowest BCUT2D eigenvalue weighted by Crippen LogP contribution is -2.31. The third kappa shape index (κ3) is 4.26. The fraction of sp³-hybridized carbons (Fsp3) is 0.167. The molecule has 2 N–H and O–H groups in total. The molecule has 2 heterocycles. The number of sulfonamides is 1. The number of carboxylic acids is 1. The number of halogens is 1. The predicted molar refractivity (Wildman–Crippen MR) is 130 cm³/mol. The highest BCUT2D eigenvalue weighted by molar-refractivity contribution is 7.92. The molecule has 1 aliphatic rings. The third-order valence-electron chi connectivity index (χ3n) is 5.49. The molecular formula is C24H20ClN3O6S. The highest BCUT2D eigenvalue weighted by Crippen LogP contribution is 2.38. The van der Waals surface area contributed by atoms with Gasteiger partial charge in [0.25, 0.3) is 21.8 Å². The maximum Gasteiger partial charge on any atom is 0.356 e. The van der Waals surface area contributed by atoms with Gasteiger partial charge in [0.2, 0.25) is 0 Å². The first kappa shape index (κ1) is 24.4. The van der Waals surface area contributed by atoms with Crippen LogP contribution in [0, 0.1) is 0 Å². The Bertz CT molecular complexity index is 1490. The van der Waals surface area contributed by atoms with Gasteiger partial charge in [0.1, 0.15) is 0 Å². The molecule has 0 bridgehead atoms. The average Bonchev–Trinajstić information content (AvgIpc) is 3.06. The molecule has 9 nitrogen and oxygen atoms in total. The molecule has 2 aromatic carbocycles. The molecule has 3 aromatic rings. The second-order valence-electron chi connectivity index (χ2n) is 8.85. The van der Waals surface area contributed by atoms with E-state index in [0.29, 0.717) is 4.90 Å². The number of hydrogen-bond acceptors (Lipinski definition) is 6. The summed E-state index contributed by atoms with van der Waals surface area (Å²) in [6, 6.07) is 11.5. The van der Waals surface area contributed by atoms with Gasteiger partial charge in [-0.1, -0.05) is 44.5 Å². The Morgan fingerprint density at radius 3 is 2.23 bits per heavy atom. The largest absolute Gasteiger partial charge is 0.476 e. The van der Waals surface area contributed by atoms with Crippen LogP contribution in [0.5, 0.6) is 0 Å². The van der Waals surface area contributed by atoms with Crippen molar-refractivity contribution in [1.29, 1.82) is 0 Å². The maximum atomic E-state index is 13.3. The van der Waals surface area contributed by atoms with Crippen molar-refractivity contribution in [1.82, 2.24) is 4.98 Å². The van der Waals surface area contributed by atoms with E-state index in [1.165, 1.54) is 42.6 Å². The monoisotopic (exact) mass is 513 g/mol. The molecule has 1 aliphatic heterocycles. The van der Waals surface area contributed by atoms with Gasteiger partial charge in [0.15, 0.2) is 5.69 Å². The number of carbonyl (C=O) groups is 3. The fourth-order valence-corrected chi connectivity index (χ4v) is 5.02. The lowest BCUT2D eigenvalue weighted by atomic mass is 9.87. The van der Waals surface area contributed by atoms with Gasteiger partial charge in [-0.05, 0) is 47.4 Å². The van der Waals surface area contributed by atoms with E-state index in [0.717, 1.165) is 5.56 Å². The molecule has 180 valence electrons. The van der Waals surface area contributed by atoms with Crippen LogP contribution in [0.4, 0.5) is 11.4 Å². The van der Waals surface area contributed by atoms with Gasteiger partial charge in [-0.15, -0.1) is 0 Å². The van der Waals surface area contributed by atoms with E-state index in [2.05, 4.69) is 9.71 Å². The average molecular weight is 514 g/mol. The minimum Gasteiger partial charge on any atom is -0.476 e. The topological polar surface area (TPSA) is 134 Å². The number of imide groups is 1. The summed E-state index contributed by atoms with van der Waals surface area (Å²) in [5, 5.41) is 9.36. The van der Waals surface area contributed by atoms with Gasteiger partial charge in [-0.3, -0.25) is 14.3 Å². The zero-order valence-electron chi connectivity index (χ0n) is 18.9. The van der Waals surface area contributed by atoms with Crippen LogP contribution < -0.4 is 9.62 Å². The molecule has 0 atom stereocenters. The summed E-state index contributed by atoms with van der Waals surface area (Å²) in [6.07, 6.45) is 1.21. The Morgan fingerprint density at radius 2 is 1.63 bits per heavy atom. The quantitative estimate of drug-likeness (QED) is 0.485. The van der Waals surface area contributed by atoms with Crippen molar-refractivity contribution in [3.63, 3.8) is 0 Å². The van der Waals surface area contributed by atoms with Crippen molar-refractivity contribution >= 4 is 50.8 Å². The Hall–Kier alpha value is -3.76. The summed E-state index contributed by atoms with van der Waals surface area (Å²) in [5.74, 6) is -3.26. The Balaban J connectivity index is 1.77. The molecule has 0 spiro atoms. The zero-order chi connectivity index (χ0) is 25.7. The maximum absolute atomic E-state index is 13.3. The fourth-order valence-electron chi connectivity index (χ4n) is 3.71. The first-order valence-electron chi connectivity index (χ1n) is 10.4. The van der Waals surface area contributed by atoms with Crippen LogP contribution in [0.3, 0.4) is 0 Å². The molecule has 0 fully saturated rings. The molecule has 0 saturated carbocycles. The van der Waals surface area contributed by atoms with Crippen molar-refractivity contribution in [2.45, 2.75) is 31.1 Å². The lowest BCUT2D eigenvalue weighted by Gasteiger charge is -2.19. The number of carbonyl (C=O) groups excluding carboxylic acids is 2. The molecule has 2 amide bonds. The summed E-state index contributed by atoms with van der Waals surface area (Å²) in [5.41, 5.74) is -0.688. The van der Waals surface area contributed by atoms with Crippen LogP contribution in [-0.2, 0) is 15.4 Å². The van der Waals surface area contributed by atoms with Gasteiger partial charge >= 0.3 is 5.97 Å². The van der Waals surface area contributed by atoms with Crippen LogP contribution in [0.2, 0.25) is 5.02 Å². The highest BCUT2D eigenvalue weighted by Gasteiger charge is 2.42. The van der Waals surface area contributed by atoms with Crippen molar-refractivity contribution in [2.24, 2.45) is 0 Å². The minimum atomic E-state index is -4.14. The summed E-state index contributed by atoms with van der Waals surface area (Å²) >= 11 is 6.20. The number of nitrogens with zero attached hydrogens (tertiary/aromatic N) is 2. The number of amides is 2. The SMILES string of the molecule is CC(C)(C)c1ccc(S(=O)(=O)Nc2ccc(Cl)c3c2C(=O)N(c2cccnc2C(=O)O)C3=O)cc1. The number of pyridine rings is 1. The Kier molecular flexibility index (Phi) is 5.90. The highest BCUT2D eigenvalue weighted by atomic mass is 35.5. The Labute approximate surface area is 206 Å². The van der Waals surface area contributed by atoms with E-state index >= 15 is 0 Å². The van der Waals surface area contributed by atoms with Gasteiger partial charge in [-0.25, -0.2) is 23.1 Å². The minimum absolute atomic E-state index is 0.0387. The summed E-state index contributed by atoms with van der Waals surface area (Å²) < 4.78 is 28.5. The smallest absolute Gasteiger partial charge is 0.356 e. The number of aromatic nitrogens is 1. The Morgan fingerprint density at radius 1 is 1.00 bits per heavy atom. The molecule has 0 radical (unpaired) electrons. The first-order valence-corrected chi connectivity index (χ1v) is 12.2. The molecule has 4 rings (SSSR count). The normalized spacial score (nSPS) is 13.7. The van der Waals surface area contributed by atoms with Gasteiger partial charge in [0, 0.05) is 6.20 Å². The second kappa shape index (κ2) is 8.47. The van der Waals surface area contributed by atoms with Crippen molar-refractivity contribution in [3.8, 4) is 0 Å². The third-order valence-corrected chi connectivity index (χ3v) is 7.19. The molecule has 35 heavy (non-hydrogen) atoms. The van der Waals surface area contributed by atoms with E-state index in [1.54, 1.807) is 12.1 Å². The number of benzene rings is 2. The van der Waals surface area contributed by atoms with Gasteiger partial charge in [0.05, 0.1) is 32.4 Å². The van der Waals surface area contributed by atoms with Gasteiger partial charge < -0.3 is 5.11 Å². The molecule has 0 saturated heterocycles. The predicted octanol–water partition coefficient (Wildman–Crippen LogP) is 4.33. The number of nitrogens with one attached hydrogen (secondary N) is 1. The standard InChI is InChI=1S/C24H20ClN3O6S/c1-24(2,3)13-6-8-14(9-7-13)35(33,34)27-16-11-10-15(25)18-19(16)22(30)28(21(18)29)17-5-4-12-26-20(17)23(31)32/h4-12,27H,1-3H3,(H,31,32). The van der Waals surface area contributed by atoms with Crippen LogP contribution in [0.25, 0.3) is 0 Å². The van der Waals surface area contributed by atoms with E-state index in [9.17, 15) is 27.9 Å². The van der Waals surface area contributed by atoms with Crippen molar-refractivity contribution in [2.75, 3.05) is 9.62 Å². The molecular weight excluding hydrogens is 494 g/mol. The zero-order valence-corrected chi connectivity index (χ0v) is 20.4. The molecule has 1 aromatic heterocycles. The van der Waals surface area contributed by atoms with Crippen LogP contribution in [-0.4, -0.2) is 36.3 Å². The number of anilines is 2. The van der Waals surface area contributed by atoms with Crippen molar-refractivity contribution < 1.29 is 27.9 Å². The number of carboxylic acid groups (broad SMARTS) is 1. The number of rotatable bonds is 5. The van der Waals surface area contributed by atoms with E-state index in [4.69, 9.17) is 11.6 Å². The number of aromatic carboxylic acids is 1. The van der Waals surface area contributed by atoms with Crippen LogP contribution in [0.1, 0.15) is 57.5 Å². The van der Waals surface area contributed by atoms with E-state index < -0.39 is 33.5 Å². The lowest BCUT2D eigenvalue weighted by molar-refractivity contribution is 0.0691. The number of fused-ring (bicyclic) bond motifs is 1. The summed E-state index contributed by atoms with van der Waals surface area (Å²) in [7, 11) is -4.14.